The van der Waals surface area contributed by atoms with Gasteiger partial charge in [-0.3, -0.25) is 4.99 Å². The summed E-state index contributed by atoms with van der Waals surface area (Å²) in [5.41, 5.74) is 7.21. The lowest BCUT2D eigenvalue weighted by molar-refractivity contribution is -0.00616. The number of aliphatic imine (C=N–C) groups is 1. The van der Waals surface area contributed by atoms with Gasteiger partial charge in [0.1, 0.15) is 0 Å². The lowest BCUT2D eigenvalue weighted by atomic mass is 9.58. The van der Waals surface area contributed by atoms with Crippen molar-refractivity contribution in [3.8, 4) is 0 Å². The second-order valence-corrected chi connectivity index (χ2v) is 8.81. The fraction of sp³-hybridized carbons (Fsp3) is 0.938. The quantitative estimate of drug-likeness (QED) is 0.832. The fourth-order valence-corrected chi connectivity index (χ4v) is 5.05. The van der Waals surface area contributed by atoms with E-state index in [0.717, 1.165) is 25.0 Å². The van der Waals surface area contributed by atoms with Gasteiger partial charge in [-0.2, -0.15) is 0 Å². The Morgan fingerprint density at radius 3 is 2.21 bits per heavy atom. The first kappa shape index (κ1) is 13.3. The van der Waals surface area contributed by atoms with Gasteiger partial charge in [0, 0.05) is 6.54 Å². The van der Waals surface area contributed by atoms with E-state index in [9.17, 15) is 0 Å². The minimum atomic E-state index is 0.206. The molecule has 1 aliphatic heterocycles. The maximum atomic E-state index is 6.21. The number of guanidine groups is 1. The summed E-state index contributed by atoms with van der Waals surface area (Å²) in [5.74, 6) is 1.68. The Labute approximate surface area is 117 Å². The highest BCUT2D eigenvalue weighted by molar-refractivity contribution is 5.81. The molecule has 3 nitrogen and oxygen atoms in total. The van der Waals surface area contributed by atoms with Crippen LogP contribution >= 0.6 is 0 Å². The molecule has 19 heavy (non-hydrogen) atoms. The Hall–Kier alpha value is -0.730. The van der Waals surface area contributed by atoms with E-state index >= 15 is 0 Å². The van der Waals surface area contributed by atoms with Crippen molar-refractivity contribution < 1.29 is 0 Å². The van der Waals surface area contributed by atoms with Crippen LogP contribution in [0.2, 0.25) is 0 Å². The number of rotatable bonds is 2. The zero-order valence-corrected chi connectivity index (χ0v) is 13.0. The van der Waals surface area contributed by atoms with Crippen molar-refractivity contribution in [2.45, 2.75) is 65.3 Å². The molecule has 2 fully saturated rings. The van der Waals surface area contributed by atoms with E-state index in [2.05, 4.69) is 37.6 Å². The van der Waals surface area contributed by atoms with Crippen LogP contribution in [0.4, 0.5) is 0 Å². The SMILES string of the molecule is CC1(C)CC(C)(C)CC2(CN=C(N)N2CC2CC2)C1. The molecule has 0 bridgehead atoms. The lowest BCUT2D eigenvalue weighted by Gasteiger charge is -2.54. The van der Waals surface area contributed by atoms with Gasteiger partial charge >= 0.3 is 0 Å². The van der Waals surface area contributed by atoms with E-state index in [4.69, 9.17) is 5.73 Å². The lowest BCUT2D eigenvalue weighted by Crippen LogP contribution is -2.59. The molecule has 1 spiro atoms. The molecule has 0 saturated heterocycles. The third-order valence-electron chi connectivity index (χ3n) is 5.09. The van der Waals surface area contributed by atoms with Crippen LogP contribution in [0.15, 0.2) is 4.99 Å². The van der Waals surface area contributed by atoms with Crippen molar-refractivity contribution in [2.24, 2.45) is 27.5 Å². The molecule has 0 aromatic rings. The predicted octanol–water partition coefficient (Wildman–Crippen LogP) is 3.00. The van der Waals surface area contributed by atoms with Gasteiger partial charge < -0.3 is 10.6 Å². The molecule has 0 aromatic heterocycles. The predicted molar refractivity (Wildman–Crippen MR) is 80.1 cm³/mol. The first-order chi connectivity index (χ1) is 8.72. The molecule has 2 aliphatic carbocycles. The second kappa shape index (κ2) is 3.89. The van der Waals surface area contributed by atoms with Gasteiger partial charge in [0.05, 0.1) is 12.1 Å². The van der Waals surface area contributed by atoms with Crippen molar-refractivity contribution in [2.75, 3.05) is 13.1 Å². The Kier molecular flexibility index (Phi) is 2.72. The normalized spacial score (nSPS) is 31.6. The topological polar surface area (TPSA) is 41.6 Å². The van der Waals surface area contributed by atoms with Crippen molar-refractivity contribution in [3.05, 3.63) is 0 Å². The summed E-state index contributed by atoms with van der Waals surface area (Å²) in [5, 5.41) is 0. The van der Waals surface area contributed by atoms with Crippen LogP contribution < -0.4 is 5.73 Å². The first-order valence-corrected chi connectivity index (χ1v) is 7.79. The molecule has 0 aromatic carbocycles. The number of hydrogen-bond donors (Lipinski definition) is 1. The van der Waals surface area contributed by atoms with Gasteiger partial charge in [-0.25, -0.2) is 0 Å². The van der Waals surface area contributed by atoms with Crippen molar-refractivity contribution in [1.29, 1.82) is 0 Å². The van der Waals surface area contributed by atoms with Gasteiger partial charge in [0.25, 0.3) is 0 Å². The Morgan fingerprint density at radius 2 is 1.68 bits per heavy atom. The van der Waals surface area contributed by atoms with Gasteiger partial charge in [0.15, 0.2) is 5.96 Å². The van der Waals surface area contributed by atoms with Crippen molar-refractivity contribution in [1.82, 2.24) is 4.90 Å². The molecule has 3 aliphatic rings. The van der Waals surface area contributed by atoms with E-state index in [0.29, 0.717) is 10.8 Å². The molecule has 0 amide bonds. The van der Waals surface area contributed by atoms with Crippen LogP contribution in [-0.2, 0) is 0 Å². The Balaban J connectivity index is 1.87. The standard InChI is InChI=1S/C16H29N3/c1-14(2)8-15(3,4)10-16(9-14)11-18-13(17)19(16)7-12-5-6-12/h12H,5-11H2,1-4H3,(H2,17,18). The van der Waals surface area contributed by atoms with Gasteiger partial charge in [-0.15, -0.1) is 0 Å². The molecule has 2 saturated carbocycles. The van der Waals surface area contributed by atoms with Crippen LogP contribution in [0.5, 0.6) is 0 Å². The average molecular weight is 263 g/mol. The molecule has 3 heteroatoms. The largest absolute Gasteiger partial charge is 0.370 e. The van der Waals surface area contributed by atoms with Crippen LogP contribution in [0, 0.1) is 16.7 Å². The van der Waals surface area contributed by atoms with Crippen LogP contribution in [-0.4, -0.2) is 29.5 Å². The fourth-order valence-electron chi connectivity index (χ4n) is 5.05. The highest BCUT2D eigenvalue weighted by Gasteiger charge is 2.53. The van der Waals surface area contributed by atoms with E-state index in [1.165, 1.54) is 32.1 Å². The van der Waals surface area contributed by atoms with Gasteiger partial charge in [0.2, 0.25) is 0 Å². The number of nitrogens with two attached hydrogens (primary N) is 1. The molecule has 1 heterocycles. The monoisotopic (exact) mass is 263 g/mol. The highest BCUT2D eigenvalue weighted by atomic mass is 15.4. The molecule has 0 atom stereocenters. The molecular weight excluding hydrogens is 234 g/mol. The summed E-state index contributed by atoms with van der Waals surface area (Å²) in [4.78, 5) is 7.11. The average Bonchev–Trinajstić information content (AvgIpc) is 2.97. The zero-order chi connectivity index (χ0) is 13.9. The first-order valence-electron chi connectivity index (χ1n) is 7.79. The maximum absolute atomic E-state index is 6.21. The van der Waals surface area contributed by atoms with Crippen molar-refractivity contribution >= 4 is 5.96 Å². The summed E-state index contributed by atoms with van der Waals surface area (Å²) in [7, 11) is 0. The van der Waals surface area contributed by atoms with E-state index in [-0.39, 0.29) is 5.54 Å². The minimum absolute atomic E-state index is 0.206. The van der Waals surface area contributed by atoms with Crippen LogP contribution in [0.3, 0.4) is 0 Å². The third-order valence-corrected chi connectivity index (χ3v) is 5.09. The van der Waals surface area contributed by atoms with Gasteiger partial charge in [-0.05, 0) is 48.9 Å². The summed E-state index contributed by atoms with van der Waals surface area (Å²) in [6, 6.07) is 0. The minimum Gasteiger partial charge on any atom is -0.370 e. The zero-order valence-electron chi connectivity index (χ0n) is 13.0. The summed E-state index contributed by atoms with van der Waals surface area (Å²) in [6.07, 6.45) is 6.54. The van der Waals surface area contributed by atoms with E-state index < -0.39 is 0 Å². The summed E-state index contributed by atoms with van der Waals surface area (Å²) in [6.45, 7) is 11.7. The van der Waals surface area contributed by atoms with E-state index in [1.807, 2.05) is 0 Å². The second-order valence-electron chi connectivity index (χ2n) is 8.81. The molecule has 108 valence electrons. The Bertz CT molecular complexity index is 388. The Morgan fingerprint density at radius 1 is 1.11 bits per heavy atom. The molecule has 2 N–H and O–H groups in total. The number of hydrogen-bond acceptors (Lipinski definition) is 3. The molecule has 3 rings (SSSR count). The van der Waals surface area contributed by atoms with Gasteiger partial charge in [-0.1, -0.05) is 27.7 Å². The van der Waals surface area contributed by atoms with Crippen LogP contribution in [0.25, 0.3) is 0 Å². The third kappa shape index (κ3) is 2.48. The molecule has 0 unspecified atom stereocenters. The smallest absolute Gasteiger partial charge is 0.191 e. The summed E-state index contributed by atoms with van der Waals surface area (Å²) >= 11 is 0. The maximum Gasteiger partial charge on any atom is 0.191 e. The summed E-state index contributed by atoms with van der Waals surface area (Å²) < 4.78 is 0. The highest BCUT2D eigenvalue weighted by Crippen LogP contribution is 2.53. The molecular formula is C16H29N3. The van der Waals surface area contributed by atoms with E-state index in [1.54, 1.807) is 0 Å². The molecule has 0 radical (unpaired) electrons. The van der Waals surface area contributed by atoms with Crippen molar-refractivity contribution in [3.63, 3.8) is 0 Å². The number of nitrogens with zero attached hydrogens (tertiary/aromatic N) is 2. The van der Waals surface area contributed by atoms with Crippen LogP contribution in [0.1, 0.15) is 59.8 Å².